The average molecular weight is 851 g/mol. The number of benzene rings is 10. The maximum Gasteiger partial charge on any atom is 0.171 e. The Morgan fingerprint density at radius 1 is 0.338 bits per heavy atom. The van der Waals surface area contributed by atoms with E-state index in [1.165, 1.54) is 32.3 Å². The van der Waals surface area contributed by atoms with Crippen LogP contribution in [0.1, 0.15) is 0 Å². The fourth-order valence-electron chi connectivity index (χ4n) is 10.1. The van der Waals surface area contributed by atoms with Gasteiger partial charge < -0.3 is 13.7 Å². The molecule has 0 N–H and O–H groups in total. The van der Waals surface area contributed by atoms with E-state index in [2.05, 4.69) is 173 Å². The van der Waals surface area contributed by atoms with Gasteiger partial charge in [-0.1, -0.05) is 146 Å². The van der Waals surface area contributed by atoms with E-state index in [-0.39, 0.29) is 0 Å². The number of para-hydroxylation sites is 2. The molecule has 0 aliphatic rings. The van der Waals surface area contributed by atoms with E-state index in [1.54, 1.807) is 0 Å². The third-order valence-electron chi connectivity index (χ3n) is 13.2. The van der Waals surface area contributed by atoms with E-state index < -0.39 is 7.14 Å². The van der Waals surface area contributed by atoms with Crippen molar-refractivity contribution < 1.29 is 4.57 Å². The highest BCUT2D eigenvalue weighted by molar-refractivity contribution is 7.85. The van der Waals surface area contributed by atoms with Gasteiger partial charge in [0.05, 0.1) is 39.5 Å². The van der Waals surface area contributed by atoms with Gasteiger partial charge in [0, 0.05) is 54.2 Å². The van der Waals surface area contributed by atoms with Crippen LogP contribution in [-0.2, 0) is 4.57 Å². The van der Waals surface area contributed by atoms with Crippen LogP contribution in [0.25, 0.3) is 93.5 Å². The maximum absolute atomic E-state index is 15.2. The molecule has 0 spiro atoms. The molecule has 0 bridgehead atoms. The van der Waals surface area contributed by atoms with Crippen molar-refractivity contribution in [2.45, 2.75) is 0 Å². The summed E-state index contributed by atoms with van der Waals surface area (Å²) in [4.78, 5) is 0. The summed E-state index contributed by atoms with van der Waals surface area (Å²) in [5.41, 5.74) is 11.0. The fraction of sp³-hybridized carbons (Fsp3) is 0. The summed E-state index contributed by atoms with van der Waals surface area (Å²) >= 11 is 0. The van der Waals surface area contributed by atoms with E-state index in [1.807, 2.05) is 77.6 Å². The molecular weight excluding hydrogens is 812 g/mol. The van der Waals surface area contributed by atoms with Gasteiger partial charge >= 0.3 is 0 Å². The van der Waals surface area contributed by atoms with Crippen molar-refractivity contribution in [3.05, 3.63) is 237 Å². The lowest BCUT2D eigenvalue weighted by Gasteiger charge is -2.20. The monoisotopic (exact) mass is 850 g/mol. The molecule has 13 rings (SSSR count). The molecule has 0 radical (unpaired) electrons. The van der Waals surface area contributed by atoms with Crippen molar-refractivity contribution in [3.63, 3.8) is 0 Å². The second-order valence-electron chi connectivity index (χ2n) is 16.8. The van der Waals surface area contributed by atoms with Crippen LogP contribution in [-0.4, -0.2) is 18.9 Å². The van der Waals surface area contributed by atoms with Gasteiger partial charge in [0.2, 0.25) is 0 Å². The van der Waals surface area contributed by atoms with E-state index in [4.69, 9.17) is 5.10 Å². The average Bonchev–Trinajstić information content (AvgIpc) is 4.07. The maximum atomic E-state index is 15.2. The van der Waals surface area contributed by atoms with Gasteiger partial charge in [0.25, 0.3) is 0 Å². The van der Waals surface area contributed by atoms with Gasteiger partial charge in [-0.05, 0) is 107 Å². The highest BCUT2D eigenvalue weighted by Gasteiger charge is 2.30. The largest absolute Gasteiger partial charge is 0.309 e. The first-order valence-electron chi connectivity index (χ1n) is 22.0. The normalized spacial score (nSPS) is 12.1. The van der Waals surface area contributed by atoms with E-state index in [9.17, 15) is 0 Å². The summed E-state index contributed by atoms with van der Waals surface area (Å²) in [5, 5.41) is 15.6. The number of nitrogens with zero attached hydrogens (tertiary/aromatic N) is 4. The predicted octanol–water partition coefficient (Wildman–Crippen LogP) is 13.7. The van der Waals surface area contributed by atoms with Crippen molar-refractivity contribution in [2.75, 3.05) is 0 Å². The van der Waals surface area contributed by atoms with Crippen LogP contribution in [0.5, 0.6) is 0 Å². The Labute approximate surface area is 375 Å². The smallest absolute Gasteiger partial charge is 0.171 e. The van der Waals surface area contributed by atoms with Gasteiger partial charge in [-0.3, -0.25) is 0 Å². The topological polar surface area (TPSA) is 44.8 Å². The molecule has 65 heavy (non-hydrogen) atoms. The Bertz CT molecular complexity index is 3970. The van der Waals surface area contributed by atoms with Crippen LogP contribution in [0.15, 0.2) is 237 Å². The van der Waals surface area contributed by atoms with E-state index in [0.29, 0.717) is 0 Å². The Hall–Kier alpha value is -8.24. The zero-order valence-electron chi connectivity index (χ0n) is 35.2. The number of aromatic nitrogens is 4. The van der Waals surface area contributed by atoms with Crippen molar-refractivity contribution in [1.82, 2.24) is 18.9 Å². The lowest BCUT2D eigenvalue weighted by Crippen LogP contribution is -2.24. The van der Waals surface area contributed by atoms with Crippen molar-refractivity contribution in [3.8, 4) is 28.2 Å². The molecule has 0 aliphatic carbocycles. The first-order chi connectivity index (χ1) is 32.1. The number of hydrogen-bond acceptors (Lipinski definition) is 2. The van der Waals surface area contributed by atoms with E-state index in [0.717, 1.165) is 77.1 Å². The number of rotatable bonds is 7. The Morgan fingerprint density at radius 2 is 0.908 bits per heavy atom. The summed E-state index contributed by atoms with van der Waals surface area (Å²) in [6.07, 6.45) is 2.02. The first kappa shape index (κ1) is 37.3. The zero-order chi connectivity index (χ0) is 43.1. The molecule has 0 unspecified atom stereocenters. The molecule has 0 atom stereocenters. The third kappa shape index (κ3) is 5.80. The van der Waals surface area contributed by atoms with Crippen molar-refractivity contribution >= 4 is 88.3 Å². The van der Waals surface area contributed by atoms with Crippen LogP contribution in [0, 0.1) is 0 Å². The van der Waals surface area contributed by atoms with Gasteiger partial charge in [-0.15, -0.1) is 0 Å². The first-order valence-corrected chi connectivity index (χ1v) is 23.7. The summed E-state index contributed by atoms with van der Waals surface area (Å²) in [6.45, 7) is 0. The molecule has 306 valence electrons. The van der Waals surface area contributed by atoms with Crippen LogP contribution >= 0.6 is 7.14 Å². The van der Waals surface area contributed by atoms with Gasteiger partial charge in [0.1, 0.15) is 0 Å². The summed E-state index contributed by atoms with van der Waals surface area (Å²) in [7, 11) is -3.11. The van der Waals surface area contributed by atoms with Crippen LogP contribution in [0.2, 0.25) is 0 Å². The second-order valence-corrected chi connectivity index (χ2v) is 19.5. The second kappa shape index (κ2) is 14.7. The summed E-state index contributed by atoms with van der Waals surface area (Å²) in [5.74, 6) is 0. The fourth-order valence-corrected chi connectivity index (χ4v) is 12.8. The minimum absolute atomic E-state index is 0.809. The number of fused-ring (bicyclic) bond motifs is 9. The Kier molecular flexibility index (Phi) is 8.42. The molecule has 3 heterocycles. The highest BCUT2D eigenvalue weighted by Crippen LogP contribution is 2.44. The van der Waals surface area contributed by atoms with Crippen LogP contribution in [0.4, 0.5) is 0 Å². The molecule has 0 fully saturated rings. The molecule has 5 nitrogen and oxygen atoms in total. The lowest BCUT2D eigenvalue weighted by molar-refractivity contribution is 0.592. The predicted molar refractivity (Wildman–Crippen MR) is 272 cm³/mol. The highest BCUT2D eigenvalue weighted by atomic mass is 31.2. The molecule has 13 aromatic rings. The van der Waals surface area contributed by atoms with Gasteiger partial charge in [0.15, 0.2) is 7.14 Å². The van der Waals surface area contributed by atoms with Gasteiger partial charge in [-0.2, -0.15) is 5.10 Å². The Morgan fingerprint density at radius 3 is 1.68 bits per heavy atom. The van der Waals surface area contributed by atoms with Crippen LogP contribution in [0.3, 0.4) is 0 Å². The van der Waals surface area contributed by atoms with Crippen LogP contribution < -0.4 is 15.9 Å². The lowest BCUT2D eigenvalue weighted by atomic mass is 10.0. The standard InChI is InChI=1S/C59H39N4OP/c64-65(47-18-6-2-7-19-47,48-20-8-3-9-21-48)49-30-28-44(29-31-49)61-55-23-13-12-22-50(55)53-37-42(26-34-56(53)61)43-25-32-51-52-33-35-57-54(39-60-63(57)45-16-4-1-5-17-45)59(52)62(58(51)38-43)46-27-24-40-14-10-11-15-41(40)36-46/h1-39H. The molecule has 0 saturated carbocycles. The van der Waals surface area contributed by atoms with Crippen molar-refractivity contribution in [1.29, 1.82) is 0 Å². The quantitative estimate of drug-likeness (QED) is 0.150. The van der Waals surface area contributed by atoms with E-state index >= 15 is 4.57 Å². The molecule has 0 saturated heterocycles. The minimum atomic E-state index is -3.11. The number of hydrogen-bond donors (Lipinski definition) is 0. The van der Waals surface area contributed by atoms with Crippen molar-refractivity contribution in [2.24, 2.45) is 0 Å². The molecule has 3 aromatic heterocycles. The SMILES string of the molecule is O=P(c1ccccc1)(c1ccccc1)c1ccc(-n2c3ccccc3c3cc(-c4ccc5c6ccc7c(cnn7-c7ccccc7)c6n(-c6ccc7ccccc7c6)c5c4)ccc32)cc1. The zero-order valence-corrected chi connectivity index (χ0v) is 36.1. The molecule has 0 amide bonds. The molecule has 10 aromatic carbocycles. The minimum Gasteiger partial charge on any atom is -0.309 e. The third-order valence-corrected chi connectivity index (χ3v) is 16.3. The Balaban J connectivity index is 0.971. The van der Waals surface area contributed by atoms with Gasteiger partial charge in [-0.25, -0.2) is 4.68 Å². The summed E-state index contributed by atoms with van der Waals surface area (Å²) < 4.78 is 22.0. The molecule has 0 aliphatic heterocycles. The molecular formula is C59H39N4OP. The summed E-state index contributed by atoms with van der Waals surface area (Å²) in [6, 6.07) is 80.6. The molecule has 6 heteroatoms.